The minimum atomic E-state index is -4.11. The highest BCUT2D eigenvalue weighted by molar-refractivity contribution is 7.91. The van der Waals surface area contributed by atoms with Crippen molar-refractivity contribution >= 4 is 29.7 Å². The van der Waals surface area contributed by atoms with E-state index < -0.39 is 29.7 Å². The van der Waals surface area contributed by atoms with Crippen molar-refractivity contribution in [1.29, 1.82) is 0 Å². The Kier molecular flexibility index (Phi) is 5.60. The summed E-state index contributed by atoms with van der Waals surface area (Å²) >= 11 is 0. The van der Waals surface area contributed by atoms with Crippen molar-refractivity contribution in [3.63, 3.8) is 0 Å². The van der Waals surface area contributed by atoms with Gasteiger partial charge < -0.3 is 4.74 Å². The molecule has 1 rings (SSSR count). The SMILES string of the molecule is COc1ccc(S(C)(=O)=O)cc1S(=O)(=O)NCCS(C)(=O)=O. The van der Waals surface area contributed by atoms with Crippen LogP contribution in [0.4, 0.5) is 0 Å². The Balaban J connectivity index is 3.22. The van der Waals surface area contributed by atoms with Crippen molar-refractivity contribution in [2.24, 2.45) is 0 Å². The average Bonchev–Trinajstić information content (AvgIpc) is 2.35. The number of nitrogens with one attached hydrogen (secondary N) is 1. The smallest absolute Gasteiger partial charge is 0.244 e. The summed E-state index contributed by atoms with van der Waals surface area (Å²) in [4.78, 5) is -0.553. The molecule has 0 aliphatic carbocycles. The topological polar surface area (TPSA) is 124 Å². The maximum Gasteiger partial charge on any atom is 0.244 e. The fourth-order valence-electron chi connectivity index (χ4n) is 1.54. The highest BCUT2D eigenvalue weighted by atomic mass is 32.2. The number of hydrogen-bond donors (Lipinski definition) is 1. The maximum absolute atomic E-state index is 12.2. The lowest BCUT2D eigenvalue weighted by molar-refractivity contribution is 0.401. The van der Waals surface area contributed by atoms with Crippen molar-refractivity contribution in [1.82, 2.24) is 4.72 Å². The van der Waals surface area contributed by atoms with Gasteiger partial charge in [0.05, 0.1) is 17.8 Å². The molecule has 0 fully saturated rings. The molecule has 0 amide bonds. The maximum atomic E-state index is 12.2. The molecule has 0 saturated heterocycles. The van der Waals surface area contributed by atoms with Gasteiger partial charge in [0.15, 0.2) is 9.84 Å². The standard InChI is InChI=1S/C11H17NO7S3/c1-19-10-5-4-9(21(3,15)16)8-11(10)22(17,18)12-6-7-20(2,13)14/h4-5,8,12H,6-7H2,1-3H3. The van der Waals surface area contributed by atoms with Crippen molar-refractivity contribution in [3.05, 3.63) is 18.2 Å². The van der Waals surface area contributed by atoms with E-state index in [2.05, 4.69) is 4.72 Å². The Morgan fingerprint density at radius 3 is 2.09 bits per heavy atom. The number of hydrogen-bond acceptors (Lipinski definition) is 7. The number of sulfone groups is 2. The molecule has 0 saturated carbocycles. The Labute approximate surface area is 130 Å². The Morgan fingerprint density at radius 2 is 1.64 bits per heavy atom. The summed E-state index contributed by atoms with van der Waals surface area (Å²) in [5.74, 6) is -0.417. The molecular formula is C11H17NO7S3. The van der Waals surface area contributed by atoms with Crippen LogP contribution < -0.4 is 9.46 Å². The largest absolute Gasteiger partial charge is 0.495 e. The van der Waals surface area contributed by atoms with Gasteiger partial charge >= 0.3 is 0 Å². The summed E-state index contributed by atoms with van der Waals surface area (Å²) < 4.78 is 76.5. The quantitative estimate of drug-likeness (QED) is 0.680. The summed E-state index contributed by atoms with van der Waals surface area (Å²) in [5.41, 5.74) is 0. The van der Waals surface area contributed by atoms with Crippen LogP contribution in [0.5, 0.6) is 5.75 Å². The summed E-state index contributed by atoms with van der Waals surface area (Å²) in [6.07, 6.45) is 1.93. The normalized spacial score (nSPS) is 13.0. The summed E-state index contributed by atoms with van der Waals surface area (Å²) in [6.45, 7) is -0.326. The van der Waals surface area contributed by atoms with E-state index >= 15 is 0 Å². The number of methoxy groups -OCH3 is 1. The molecule has 126 valence electrons. The number of sulfonamides is 1. The molecule has 0 bridgehead atoms. The van der Waals surface area contributed by atoms with Gasteiger partial charge in [-0.2, -0.15) is 0 Å². The molecule has 0 heterocycles. The first-order valence-electron chi connectivity index (χ1n) is 5.92. The lowest BCUT2D eigenvalue weighted by Gasteiger charge is -2.11. The second-order valence-corrected chi connectivity index (χ2v) is 10.6. The fraction of sp³-hybridized carbons (Fsp3) is 0.455. The van der Waals surface area contributed by atoms with Crippen molar-refractivity contribution in [2.45, 2.75) is 9.79 Å². The highest BCUT2D eigenvalue weighted by Crippen LogP contribution is 2.26. The van der Waals surface area contributed by atoms with Gasteiger partial charge in [-0.05, 0) is 18.2 Å². The lowest BCUT2D eigenvalue weighted by atomic mass is 10.3. The van der Waals surface area contributed by atoms with Crippen LogP contribution in [-0.2, 0) is 29.7 Å². The van der Waals surface area contributed by atoms with E-state index in [9.17, 15) is 25.3 Å². The molecule has 8 nitrogen and oxygen atoms in total. The molecule has 0 atom stereocenters. The zero-order chi connectivity index (χ0) is 17.2. The van der Waals surface area contributed by atoms with Crippen LogP contribution >= 0.6 is 0 Å². The van der Waals surface area contributed by atoms with E-state index in [1.54, 1.807) is 0 Å². The third-order valence-corrected chi connectivity index (χ3v) is 6.16. The lowest BCUT2D eigenvalue weighted by Crippen LogP contribution is -2.29. The Hall–Kier alpha value is -1.17. The third kappa shape index (κ3) is 5.23. The van der Waals surface area contributed by atoms with Crippen LogP contribution in [0.15, 0.2) is 28.0 Å². The third-order valence-electron chi connectivity index (χ3n) is 2.62. The van der Waals surface area contributed by atoms with Gasteiger partial charge in [0.2, 0.25) is 10.0 Å². The van der Waals surface area contributed by atoms with Gasteiger partial charge in [0.25, 0.3) is 0 Å². The number of benzene rings is 1. The molecule has 0 unspecified atom stereocenters. The second-order valence-electron chi connectivity index (χ2n) is 4.61. The van der Waals surface area contributed by atoms with Crippen molar-refractivity contribution in [2.75, 3.05) is 31.9 Å². The molecule has 11 heteroatoms. The number of rotatable bonds is 7. The highest BCUT2D eigenvalue weighted by Gasteiger charge is 2.22. The van der Waals surface area contributed by atoms with Gasteiger partial charge in [-0.1, -0.05) is 0 Å². The zero-order valence-electron chi connectivity index (χ0n) is 12.2. The predicted octanol–water partition coefficient (Wildman–Crippen LogP) is -0.578. The molecule has 0 spiro atoms. The molecular weight excluding hydrogens is 354 g/mol. The summed E-state index contributed by atoms with van der Waals surface area (Å²) in [6, 6.07) is 3.42. The van der Waals surface area contributed by atoms with Crippen molar-refractivity contribution in [3.8, 4) is 5.75 Å². The molecule has 1 N–H and O–H groups in total. The van der Waals surface area contributed by atoms with Gasteiger partial charge in [-0.3, -0.25) is 0 Å². The first-order chi connectivity index (χ1) is 9.87. The monoisotopic (exact) mass is 371 g/mol. The molecule has 1 aromatic rings. The molecule has 0 aromatic heterocycles. The molecule has 1 aromatic carbocycles. The van der Waals surface area contributed by atoms with Gasteiger partial charge in [0, 0.05) is 19.1 Å². The average molecular weight is 371 g/mol. The minimum Gasteiger partial charge on any atom is -0.495 e. The number of ether oxygens (including phenoxy) is 1. The van der Waals surface area contributed by atoms with E-state index in [1.807, 2.05) is 0 Å². The van der Waals surface area contributed by atoms with Crippen LogP contribution in [0.1, 0.15) is 0 Å². The first-order valence-corrected chi connectivity index (χ1v) is 11.4. The van der Waals surface area contributed by atoms with Crippen LogP contribution in [0, 0.1) is 0 Å². The molecule has 0 aliphatic heterocycles. The first kappa shape index (κ1) is 18.9. The van der Waals surface area contributed by atoms with E-state index in [4.69, 9.17) is 4.74 Å². The molecule has 22 heavy (non-hydrogen) atoms. The van der Waals surface area contributed by atoms with E-state index in [0.29, 0.717) is 0 Å². The van der Waals surface area contributed by atoms with Gasteiger partial charge in [-0.25, -0.2) is 30.0 Å². The Morgan fingerprint density at radius 1 is 1.05 bits per heavy atom. The fourth-order valence-corrected chi connectivity index (χ4v) is 4.09. The second kappa shape index (κ2) is 6.52. The summed E-state index contributed by atoms with van der Waals surface area (Å²) in [7, 11) is -9.80. The predicted molar refractivity (Wildman–Crippen MR) is 81.0 cm³/mol. The summed E-state index contributed by atoms with van der Waals surface area (Å²) in [5, 5.41) is 0. The van der Waals surface area contributed by atoms with E-state index in [-0.39, 0.29) is 27.8 Å². The molecule has 0 radical (unpaired) electrons. The van der Waals surface area contributed by atoms with Gasteiger partial charge in [-0.15, -0.1) is 0 Å². The van der Waals surface area contributed by atoms with Gasteiger partial charge in [0.1, 0.15) is 20.5 Å². The molecule has 0 aliphatic rings. The van der Waals surface area contributed by atoms with Crippen molar-refractivity contribution < 1.29 is 30.0 Å². The zero-order valence-corrected chi connectivity index (χ0v) is 14.7. The van der Waals surface area contributed by atoms with Crippen LogP contribution in [0.25, 0.3) is 0 Å². The van der Waals surface area contributed by atoms with E-state index in [1.165, 1.54) is 19.2 Å². The van der Waals surface area contributed by atoms with Crippen LogP contribution in [0.2, 0.25) is 0 Å². The van der Waals surface area contributed by atoms with Crippen LogP contribution in [-0.4, -0.2) is 57.2 Å². The van der Waals surface area contributed by atoms with Crippen LogP contribution in [0.3, 0.4) is 0 Å². The van der Waals surface area contributed by atoms with E-state index in [0.717, 1.165) is 18.6 Å². The minimum absolute atomic E-state index is 0.0424. The Bertz CT molecular complexity index is 855.